The Morgan fingerprint density at radius 2 is 2.03 bits per heavy atom. The first-order valence-corrected chi connectivity index (χ1v) is 12.6. The minimum Gasteiger partial charge on any atom is -0.477 e. The average molecular weight is 489 g/mol. The van der Waals surface area contributed by atoms with Crippen LogP contribution in [0.15, 0.2) is 40.9 Å². The maximum atomic E-state index is 11.1. The van der Waals surface area contributed by atoms with Gasteiger partial charge in [-0.1, -0.05) is 53.5 Å². The molecule has 1 heterocycles. The van der Waals surface area contributed by atoms with E-state index >= 15 is 0 Å². The van der Waals surface area contributed by atoms with Gasteiger partial charge in [0.1, 0.15) is 4.88 Å². The maximum Gasteiger partial charge on any atom is 0.345 e. The zero-order valence-corrected chi connectivity index (χ0v) is 19.7. The monoisotopic (exact) mass is 488 g/mol. The number of hydrogen-bond donors (Lipinski definition) is 2. The number of aryl methyl sites for hydroxylation is 1. The number of aliphatic hydroxyl groups is 1. The van der Waals surface area contributed by atoms with Crippen molar-refractivity contribution in [3.63, 3.8) is 0 Å². The van der Waals surface area contributed by atoms with Crippen molar-refractivity contribution in [3.8, 4) is 0 Å². The van der Waals surface area contributed by atoms with Gasteiger partial charge in [-0.2, -0.15) is 0 Å². The van der Waals surface area contributed by atoms with Gasteiger partial charge in [0.2, 0.25) is 0 Å². The average Bonchev–Trinajstić information content (AvgIpc) is 3.41. The third kappa shape index (κ3) is 4.44. The third-order valence-corrected chi connectivity index (χ3v) is 8.64. The topological polar surface area (TPSA) is 57.5 Å². The largest absolute Gasteiger partial charge is 0.477 e. The maximum absolute atomic E-state index is 11.1. The molecular weight excluding hydrogens is 460 g/mol. The van der Waals surface area contributed by atoms with Crippen molar-refractivity contribution in [2.75, 3.05) is 0 Å². The first-order valence-electron chi connectivity index (χ1n) is 11.0. The van der Waals surface area contributed by atoms with Crippen molar-refractivity contribution in [2.45, 2.75) is 63.9 Å². The molecule has 4 atom stereocenters. The second-order valence-corrected chi connectivity index (χ2v) is 10.8. The van der Waals surface area contributed by atoms with Gasteiger partial charge in [0.05, 0.1) is 6.10 Å². The summed E-state index contributed by atoms with van der Waals surface area (Å²) in [5.74, 6) is 0.475. The summed E-state index contributed by atoms with van der Waals surface area (Å²) < 4.78 is 1.28. The van der Waals surface area contributed by atoms with Crippen LogP contribution in [0.4, 0.5) is 0 Å². The molecule has 3 unspecified atom stereocenters. The number of fused-ring (bicyclic) bond motifs is 1. The molecule has 0 fully saturated rings. The smallest absolute Gasteiger partial charge is 0.345 e. The van der Waals surface area contributed by atoms with E-state index in [1.165, 1.54) is 26.9 Å². The van der Waals surface area contributed by atoms with Crippen LogP contribution < -0.4 is 0 Å². The lowest BCUT2D eigenvalue weighted by Gasteiger charge is -2.22. The van der Waals surface area contributed by atoms with Gasteiger partial charge in [0, 0.05) is 10.8 Å². The Labute approximate surface area is 191 Å². The summed E-state index contributed by atoms with van der Waals surface area (Å²) in [5, 5.41) is 19.7. The molecule has 0 saturated carbocycles. The second kappa shape index (κ2) is 9.37. The molecule has 3 nitrogen and oxygen atoms in total. The third-order valence-electron chi connectivity index (χ3n) is 6.69. The number of carboxylic acids is 1. The molecule has 1 aromatic carbocycles. The fraction of sp³-hybridized carbons (Fsp3) is 0.480. The zero-order valence-electron chi connectivity index (χ0n) is 17.3. The fourth-order valence-electron chi connectivity index (χ4n) is 5.20. The second-order valence-electron chi connectivity index (χ2n) is 8.68. The van der Waals surface area contributed by atoms with Gasteiger partial charge < -0.3 is 10.2 Å². The standard InChI is InChI=1S/C25H29BrO3S/c1-2-4-17-14-18-13-16(7-10-20(18)24(17)27)23-15(8-11-21(23)26)5-3-6-19-9-12-22(30-19)25(28)29/h7,9-13,15,17,23-24,27H,2-6,8,14H2,1H3,(H,28,29)/t15-,17?,23?,24?/m0/s1. The predicted octanol–water partition coefficient (Wildman–Crippen LogP) is 6.86. The number of aliphatic hydroxyl groups excluding tert-OH is 1. The molecular formula is C25H29BrO3S. The molecule has 5 heteroatoms. The number of aromatic carboxylic acids is 1. The van der Waals surface area contributed by atoms with Crippen molar-refractivity contribution in [1.29, 1.82) is 0 Å². The van der Waals surface area contributed by atoms with Gasteiger partial charge in [-0.3, -0.25) is 0 Å². The van der Waals surface area contributed by atoms with E-state index in [2.05, 4.69) is 47.1 Å². The fourth-order valence-corrected chi connectivity index (χ4v) is 6.91. The number of benzene rings is 1. The van der Waals surface area contributed by atoms with Crippen molar-refractivity contribution in [2.24, 2.45) is 11.8 Å². The molecule has 2 N–H and O–H groups in total. The van der Waals surface area contributed by atoms with Crippen LogP contribution in [-0.4, -0.2) is 16.2 Å². The summed E-state index contributed by atoms with van der Waals surface area (Å²) in [6.45, 7) is 2.19. The van der Waals surface area contributed by atoms with E-state index in [9.17, 15) is 9.90 Å². The van der Waals surface area contributed by atoms with Crippen LogP contribution in [0.5, 0.6) is 0 Å². The van der Waals surface area contributed by atoms with Crippen molar-refractivity contribution in [1.82, 2.24) is 0 Å². The number of carbonyl (C=O) groups is 1. The van der Waals surface area contributed by atoms with Crippen LogP contribution in [0.2, 0.25) is 0 Å². The van der Waals surface area contributed by atoms with Crippen LogP contribution in [0.25, 0.3) is 0 Å². The van der Waals surface area contributed by atoms with Crippen LogP contribution in [0.1, 0.15) is 82.3 Å². The van der Waals surface area contributed by atoms with Gasteiger partial charge in [-0.05, 0) is 83.7 Å². The molecule has 0 aliphatic heterocycles. The van der Waals surface area contributed by atoms with Crippen molar-refractivity contribution in [3.05, 3.63) is 67.3 Å². The highest BCUT2D eigenvalue weighted by molar-refractivity contribution is 9.11. The van der Waals surface area contributed by atoms with E-state index < -0.39 is 5.97 Å². The molecule has 0 spiro atoms. The zero-order chi connectivity index (χ0) is 21.3. The Morgan fingerprint density at radius 1 is 1.20 bits per heavy atom. The van der Waals surface area contributed by atoms with E-state index in [1.54, 1.807) is 6.07 Å². The normalized spacial score (nSPS) is 25.4. The Morgan fingerprint density at radius 3 is 2.77 bits per heavy atom. The summed E-state index contributed by atoms with van der Waals surface area (Å²) >= 11 is 5.21. The number of rotatable bonds is 8. The van der Waals surface area contributed by atoms with Gasteiger partial charge in [-0.25, -0.2) is 4.79 Å². The molecule has 2 aliphatic carbocycles. The minimum atomic E-state index is -0.835. The summed E-state index contributed by atoms with van der Waals surface area (Å²) in [6.07, 6.45) is 9.38. The number of thiophene rings is 1. The molecule has 0 amide bonds. The van der Waals surface area contributed by atoms with Gasteiger partial charge in [-0.15, -0.1) is 11.3 Å². The lowest BCUT2D eigenvalue weighted by atomic mass is 9.84. The molecule has 30 heavy (non-hydrogen) atoms. The Bertz CT molecular complexity index is 948. The number of allylic oxidation sites excluding steroid dienone is 2. The van der Waals surface area contributed by atoms with Gasteiger partial charge >= 0.3 is 5.97 Å². The molecule has 0 radical (unpaired) electrons. The number of carboxylic acid groups (broad SMARTS) is 1. The van der Waals surface area contributed by atoms with E-state index in [0.717, 1.165) is 55.4 Å². The molecule has 2 aliphatic rings. The van der Waals surface area contributed by atoms with E-state index in [1.807, 2.05) is 6.07 Å². The summed E-state index contributed by atoms with van der Waals surface area (Å²) in [7, 11) is 0. The van der Waals surface area contributed by atoms with Crippen molar-refractivity contribution < 1.29 is 15.0 Å². The summed E-state index contributed by atoms with van der Waals surface area (Å²) in [6, 6.07) is 10.4. The van der Waals surface area contributed by atoms with E-state index in [-0.39, 0.29) is 6.10 Å². The van der Waals surface area contributed by atoms with Crippen LogP contribution in [0.3, 0.4) is 0 Å². The lowest BCUT2D eigenvalue weighted by molar-refractivity contribution is 0.0702. The SMILES string of the molecule is CCCC1Cc2cc(C3C(Br)=CC[C@@H]3CCCc3ccc(C(=O)O)s3)ccc2C1O. The lowest BCUT2D eigenvalue weighted by Crippen LogP contribution is -2.09. The summed E-state index contributed by atoms with van der Waals surface area (Å²) in [4.78, 5) is 12.7. The molecule has 160 valence electrons. The number of halogens is 1. The first-order chi connectivity index (χ1) is 14.5. The highest BCUT2D eigenvalue weighted by Crippen LogP contribution is 2.47. The molecule has 0 bridgehead atoms. The Balaban J connectivity index is 1.42. The van der Waals surface area contributed by atoms with Crippen LogP contribution >= 0.6 is 27.3 Å². The molecule has 4 rings (SSSR count). The van der Waals surface area contributed by atoms with E-state index in [4.69, 9.17) is 5.11 Å². The molecule has 2 aromatic rings. The first kappa shape index (κ1) is 21.8. The molecule has 0 saturated heterocycles. The highest BCUT2D eigenvalue weighted by Gasteiger charge is 2.33. The molecule has 1 aromatic heterocycles. The van der Waals surface area contributed by atoms with Gasteiger partial charge in [0.15, 0.2) is 0 Å². The number of hydrogen-bond acceptors (Lipinski definition) is 3. The van der Waals surface area contributed by atoms with Crippen LogP contribution in [-0.2, 0) is 12.8 Å². The van der Waals surface area contributed by atoms with Crippen LogP contribution in [0, 0.1) is 11.8 Å². The quantitative estimate of drug-likeness (QED) is 0.426. The highest BCUT2D eigenvalue weighted by atomic mass is 79.9. The van der Waals surface area contributed by atoms with E-state index in [0.29, 0.717) is 22.6 Å². The summed E-state index contributed by atoms with van der Waals surface area (Å²) in [5.41, 5.74) is 3.80. The minimum absolute atomic E-state index is 0.311. The predicted molar refractivity (Wildman–Crippen MR) is 126 cm³/mol. The Kier molecular flexibility index (Phi) is 6.81. The van der Waals surface area contributed by atoms with Gasteiger partial charge in [0.25, 0.3) is 0 Å². The Hall–Kier alpha value is -1.43. The van der Waals surface area contributed by atoms with Crippen molar-refractivity contribution >= 4 is 33.2 Å².